The molecule has 0 radical (unpaired) electrons. The third-order valence-electron chi connectivity index (χ3n) is 1.58. The molecule has 0 aliphatic carbocycles. The minimum Gasteiger partial charge on any atom is -0.340 e. The number of imidazole rings is 1. The average molecular weight is 290 g/mol. The van der Waals surface area contributed by atoms with Gasteiger partial charge in [-0.1, -0.05) is 6.07 Å². The Labute approximate surface area is 88.2 Å². The summed E-state index contributed by atoms with van der Waals surface area (Å²) in [5.41, 5.74) is 1.14. The van der Waals surface area contributed by atoms with Gasteiger partial charge in [-0.2, -0.15) is 0 Å². The van der Waals surface area contributed by atoms with E-state index in [1.807, 2.05) is 13.0 Å². The third kappa shape index (κ3) is 1.40. The summed E-state index contributed by atoms with van der Waals surface area (Å²) in [5.74, 6) is 0.979. The number of rotatable bonds is 1. The molecule has 62 valence electrons. The summed E-state index contributed by atoms with van der Waals surface area (Å²) in [4.78, 5) is 8.83. The van der Waals surface area contributed by atoms with Crippen molar-refractivity contribution in [3.63, 3.8) is 0 Å². The maximum absolute atomic E-state index is 4.39. The highest BCUT2D eigenvalue weighted by Gasteiger charge is 2.05. The second-order valence-electron chi connectivity index (χ2n) is 2.48. The maximum atomic E-state index is 4.39. The quantitative estimate of drug-likeness (QED) is 0.803. The van der Waals surface area contributed by atoms with Crippen LogP contribution in [0.15, 0.2) is 17.5 Å². The van der Waals surface area contributed by atoms with Crippen molar-refractivity contribution in [1.29, 1.82) is 0 Å². The Morgan fingerprint density at radius 2 is 2.42 bits per heavy atom. The van der Waals surface area contributed by atoms with Gasteiger partial charge in [0.25, 0.3) is 0 Å². The lowest BCUT2D eigenvalue weighted by Crippen LogP contribution is -1.73. The third-order valence-corrected chi connectivity index (χ3v) is 3.51. The van der Waals surface area contributed by atoms with Crippen LogP contribution in [-0.4, -0.2) is 9.97 Å². The van der Waals surface area contributed by atoms with E-state index in [1.165, 1.54) is 4.88 Å². The predicted octanol–water partition coefficient (Wildman–Crippen LogP) is 3.05. The van der Waals surface area contributed by atoms with E-state index in [2.05, 4.69) is 44.0 Å². The van der Waals surface area contributed by atoms with Crippen LogP contribution in [0.2, 0.25) is 0 Å². The number of H-pyrrole nitrogens is 1. The van der Waals surface area contributed by atoms with Gasteiger partial charge in [-0.05, 0) is 41.0 Å². The molecule has 1 N–H and O–H groups in total. The van der Waals surface area contributed by atoms with Crippen LogP contribution in [0.3, 0.4) is 0 Å². The van der Waals surface area contributed by atoms with Crippen molar-refractivity contribution >= 4 is 33.9 Å². The van der Waals surface area contributed by atoms with E-state index in [0.29, 0.717) is 0 Å². The molecule has 0 atom stereocenters. The van der Waals surface area contributed by atoms with Crippen molar-refractivity contribution in [2.45, 2.75) is 6.92 Å². The number of halogens is 1. The number of aromatic amines is 1. The Morgan fingerprint density at radius 3 is 2.92 bits per heavy atom. The first-order valence-corrected chi connectivity index (χ1v) is 5.49. The highest BCUT2D eigenvalue weighted by Crippen LogP contribution is 2.23. The molecule has 0 unspecified atom stereocenters. The molecule has 0 bridgehead atoms. The average Bonchev–Trinajstić information content (AvgIpc) is 2.61. The molecule has 0 aromatic carbocycles. The SMILES string of the molecule is Cc1[nH]c(-c2cccs2)nc1I. The smallest absolute Gasteiger partial charge is 0.148 e. The van der Waals surface area contributed by atoms with Crippen LogP contribution < -0.4 is 0 Å². The molecule has 2 heterocycles. The summed E-state index contributed by atoms with van der Waals surface area (Å²) >= 11 is 3.93. The molecule has 2 aromatic heterocycles. The van der Waals surface area contributed by atoms with Gasteiger partial charge in [0.05, 0.1) is 4.88 Å². The summed E-state index contributed by atoms with van der Waals surface area (Å²) in [6, 6.07) is 4.10. The van der Waals surface area contributed by atoms with E-state index in [1.54, 1.807) is 11.3 Å². The molecule has 0 saturated carbocycles. The number of aromatic nitrogens is 2. The van der Waals surface area contributed by atoms with Crippen LogP contribution in [0.5, 0.6) is 0 Å². The lowest BCUT2D eigenvalue weighted by Gasteiger charge is -1.86. The number of thiophene rings is 1. The lowest BCUT2D eigenvalue weighted by molar-refractivity contribution is 1.26. The molecule has 0 aliphatic heterocycles. The highest BCUT2D eigenvalue weighted by atomic mass is 127. The van der Waals surface area contributed by atoms with E-state index in [0.717, 1.165) is 15.2 Å². The maximum Gasteiger partial charge on any atom is 0.148 e. The van der Waals surface area contributed by atoms with Crippen molar-refractivity contribution < 1.29 is 0 Å². The Kier molecular flexibility index (Phi) is 2.18. The van der Waals surface area contributed by atoms with Gasteiger partial charge in [0.15, 0.2) is 0 Å². The van der Waals surface area contributed by atoms with Gasteiger partial charge < -0.3 is 4.98 Å². The molecule has 0 fully saturated rings. The minimum atomic E-state index is 0.979. The standard InChI is InChI=1S/C8H7IN2S/c1-5-7(9)11-8(10-5)6-3-2-4-12-6/h2-4H,1H3,(H,10,11). The van der Waals surface area contributed by atoms with Gasteiger partial charge >= 0.3 is 0 Å². The highest BCUT2D eigenvalue weighted by molar-refractivity contribution is 14.1. The van der Waals surface area contributed by atoms with Crippen LogP contribution in [0.4, 0.5) is 0 Å². The Bertz CT molecular complexity index is 358. The first-order valence-electron chi connectivity index (χ1n) is 3.53. The van der Waals surface area contributed by atoms with Crippen molar-refractivity contribution in [3.8, 4) is 10.7 Å². The van der Waals surface area contributed by atoms with Crippen LogP contribution in [0.25, 0.3) is 10.7 Å². The second kappa shape index (κ2) is 3.18. The molecule has 2 rings (SSSR count). The minimum absolute atomic E-state index is 0.979. The van der Waals surface area contributed by atoms with Crippen molar-refractivity contribution in [2.24, 2.45) is 0 Å². The van der Waals surface area contributed by atoms with Gasteiger partial charge in [0, 0.05) is 5.69 Å². The zero-order valence-electron chi connectivity index (χ0n) is 6.47. The van der Waals surface area contributed by atoms with Crippen molar-refractivity contribution in [1.82, 2.24) is 9.97 Å². The zero-order chi connectivity index (χ0) is 8.55. The number of hydrogen-bond acceptors (Lipinski definition) is 2. The number of nitrogens with one attached hydrogen (secondary N) is 1. The molecule has 2 aromatic rings. The van der Waals surface area contributed by atoms with Crippen LogP contribution in [-0.2, 0) is 0 Å². The fraction of sp³-hybridized carbons (Fsp3) is 0.125. The van der Waals surface area contributed by atoms with E-state index in [-0.39, 0.29) is 0 Å². The normalized spacial score (nSPS) is 10.5. The van der Waals surface area contributed by atoms with Gasteiger partial charge in [-0.25, -0.2) is 4.98 Å². The Morgan fingerprint density at radius 1 is 1.58 bits per heavy atom. The summed E-state index contributed by atoms with van der Waals surface area (Å²) in [7, 11) is 0. The summed E-state index contributed by atoms with van der Waals surface area (Å²) in [5, 5.41) is 2.06. The molecule has 0 saturated heterocycles. The number of aryl methyl sites for hydroxylation is 1. The van der Waals surface area contributed by atoms with Crippen LogP contribution in [0, 0.1) is 10.6 Å². The molecule has 2 nitrogen and oxygen atoms in total. The van der Waals surface area contributed by atoms with Gasteiger partial charge in [0.1, 0.15) is 9.53 Å². The van der Waals surface area contributed by atoms with Gasteiger partial charge in [-0.3, -0.25) is 0 Å². The molecule has 0 amide bonds. The number of nitrogens with zero attached hydrogens (tertiary/aromatic N) is 1. The predicted molar refractivity (Wildman–Crippen MR) is 59.4 cm³/mol. The van der Waals surface area contributed by atoms with Gasteiger partial charge in [0.2, 0.25) is 0 Å². The van der Waals surface area contributed by atoms with E-state index in [9.17, 15) is 0 Å². The summed E-state index contributed by atoms with van der Waals surface area (Å²) in [6.07, 6.45) is 0. The summed E-state index contributed by atoms with van der Waals surface area (Å²) in [6.45, 7) is 2.03. The molecular formula is C8H7IN2S. The van der Waals surface area contributed by atoms with Crippen LogP contribution >= 0.6 is 33.9 Å². The summed E-state index contributed by atoms with van der Waals surface area (Å²) < 4.78 is 1.05. The first kappa shape index (κ1) is 8.25. The Balaban J connectivity index is 2.48. The largest absolute Gasteiger partial charge is 0.340 e. The molecule has 4 heteroatoms. The first-order chi connectivity index (χ1) is 5.77. The second-order valence-corrected chi connectivity index (χ2v) is 4.45. The lowest BCUT2D eigenvalue weighted by atomic mass is 10.4. The molecule has 12 heavy (non-hydrogen) atoms. The van der Waals surface area contributed by atoms with E-state index < -0.39 is 0 Å². The Hall–Kier alpha value is -0.360. The van der Waals surface area contributed by atoms with Crippen molar-refractivity contribution in [2.75, 3.05) is 0 Å². The molecule has 0 spiro atoms. The molecule has 0 aliphatic rings. The van der Waals surface area contributed by atoms with Crippen molar-refractivity contribution in [3.05, 3.63) is 26.9 Å². The zero-order valence-corrected chi connectivity index (χ0v) is 9.44. The monoisotopic (exact) mass is 290 g/mol. The van der Waals surface area contributed by atoms with Gasteiger partial charge in [-0.15, -0.1) is 11.3 Å². The van der Waals surface area contributed by atoms with E-state index in [4.69, 9.17) is 0 Å². The van der Waals surface area contributed by atoms with E-state index >= 15 is 0 Å². The fourth-order valence-electron chi connectivity index (χ4n) is 0.969. The number of hydrogen-bond donors (Lipinski definition) is 1. The molecular weight excluding hydrogens is 283 g/mol. The topological polar surface area (TPSA) is 28.7 Å². The fourth-order valence-corrected chi connectivity index (χ4v) is 2.01. The van der Waals surface area contributed by atoms with Crippen LogP contribution in [0.1, 0.15) is 5.69 Å².